The van der Waals surface area contributed by atoms with Gasteiger partial charge in [0.25, 0.3) is 0 Å². The molecule has 1 unspecified atom stereocenters. The average molecular weight is 176 g/mol. The Morgan fingerprint density at radius 2 is 1.75 bits per heavy atom. The molecule has 0 heterocycles. The third-order valence-electron chi connectivity index (χ3n) is 2.68. The highest BCUT2D eigenvalue weighted by atomic mass is 16.7. The molecule has 0 saturated carbocycles. The van der Waals surface area contributed by atoms with Crippen LogP contribution in [0.2, 0.25) is 0 Å². The molecule has 74 valence electrons. The van der Waals surface area contributed by atoms with E-state index in [0.29, 0.717) is 11.1 Å². The van der Waals surface area contributed by atoms with E-state index in [4.69, 9.17) is 9.47 Å². The molecule has 0 aromatic carbocycles. The van der Waals surface area contributed by atoms with Crippen molar-refractivity contribution < 1.29 is 14.0 Å². The first-order chi connectivity index (χ1) is 5.43. The van der Waals surface area contributed by atoms with Crippen LogP contribution in [0.3, 0.4) is 0 Å². The van der Waals surface area contributed by atoms with Crippen molar-refractivity contribution in [2.24, 2.45) is 0 Å². The lowest BCUT2D eigenvalue weighted by Crippen LogP contribution is -2.60. The number of nitrogens with zero attached hydrogens (tertiary/aromatic N) is 1. The van der Waals surface area contributed by atoms with Gasteiger partial charge in [-0.1, -0.05) is 0 Å². The van der Waals surface area contributed by atoms with Gasteiger partial charge in [-0.25, -0.2) is 0 Å². The summed E-state index contributed by atoms with van der Waals surface area (Å²) in [4.78, 5) is 0. The third-order valence-corrected chi connectivity index (χ3v) is 2.68. The summed E-state index contributed by atoms with van der Waals surface area (Å²) in [7, 11) is 5.88. The fourth-order valence-corrected chi connectivity index (χ4v) is 1.04. The zero-order valence-corrected chi connectivity index (χ0v) is 9.18. The molecule has 0 aromatic heterocycles. The Hall–Kier alpha value is -0.120. The Morgan fingerprint density at radius 1 is 1.25 bits per heavy atom. The van der Waals surface area contributed by atoms with E-state index in [1.54, 1.807) is 7.11 Å². The molecule has 0 spiro atoms. The second-order valence-corrected chi connectivity index (χ2v) is 3.54. The Kier molecular flexibility index (Phi) is 4.17. The molecule has 0 saturated heterocycles. The standard InChI is InChI=1S/C9H22NO2/c1-7-10(4,5)9(3,11-6)12-8-2/h7-8H2,1-6H3/q+1. The Labute approximate surface area is 75.9 Å². The second kappa shape index (κ2) is 4.21. The minimum atomic E-state index is -0.524. The largest absolute Gasteiger partial charge is 0.315 e. The van der Waals surface area contributed by atoms with Crippen LogP contribution >= 0.6 is 0 Å². The lowest BCUT2D eigenvalue weighted by Gasteiger charge is -2.43. The molecule has 12 heavy (non-hydrogen) atoms. The quantitative estimate of drug-likeness (QED) is 0.466. The predicted octanol–water partition coefficient (Wildman–Crippen LogP) is 1.44. The Balaban J connectivity index is 4.49. The summed E-state index contributed by atoms with van der Waals surface area (Å²) in [5.74, 6) is -0.524. The van der Waals surface area contributed by atoms with Gasteiger partial charge in [0, 0.05) is 14.0 Å². The monoisotopic (exact) mass is 176 g/mol. The van der Waals surface area contributed by atoms with Gasteiger partial charge in [-0.15, -0.1) is 0 Å². The molecule has 0 aromatic rings. The number of quaternary nitrogens is 1. The maximum Gasteiger partial charge on any atom is 0.315 e. The number of hydrogen-bond donors (Lipinski definition) is 0. The van der Waals surface area contributed by atoms with Crippen molar-refractivity contribution in [3.05, 3.63) is 0 Å². The minimum absolute atomic E-state index is 0.524. The molecule has 1 atom stereocenters. The maximum atomic E-state index is 5.58. The van der Waals surface area contributed by atoms with Crippen LogP contribution in [0.25, 0.3) is 0 Å². The Bertz CT molecular complexity index is 136. The Morgan fingerprint density at radius 3 is 2.00 bits per heavy atom. The third kappa shape index (κ3) is 2.19. The molecule has 3 heteroatoms. The zero-order chi connectivity index (χ0) is 9.83. The van der Waals surface area contributed by atoms with Gasteiger partial charge >= 0.3 is 5.91 Å². The lowest BCUT2D eigenvalue weighted by molar-refractivity contribution is -0.991. The summed E-state index contributed by atoms with van der Waals surface area (Å²) >= 11 is 0. The predicted molar refractivity (Wildman–Crippen MR) is 49.7 cm³/mol. The molecule has 0 aliphatic rings. The topological polar surface area (TPSA) is 18.5 Å². The molecule has 0 amide bonds. The molecule has 0 N–H and O–H groups in total. The van der Waals surface area contributed by atoms with Crippen LogP contribution in [0, 0.1) is 0 Å². The van der Waals surface area contributed by atoms with Crippen molar-refractivity contribution in [1.82, 2.24) is 0 Å². The molecule has 0 fully saturated rings. The zero-order valence-electron chi connectivity index (χ0n) is 9.18. The van der Waals surface area contributed by atoms with Gasteiger partial charge in [0.2, 0.25) is 0 Å². The fraction of sp³-hybridized carbons (Fsp3) is 1.00. The number of ether oxygens (including phenoxy) is 2. The van der Waals surface area contributed by atoms with Gasteiger partial charge in [-0.2, -0.15) is 0 Å². The molecule has 0 radical (unpaired) electrons. The fourth-order valence-electron chi connectivity index (χ4n) is 1.04. The highest BCUT2D eigenvalue weighted by molar-refractivity contribution is 4.46. The van der Waals surface area contributed by atoms with E-state index in [9.17, 15) is 0 Å². The van der Waals surface area contributed by atoms with Gasteiger partial charge < -0.3 is 9.47 Å². The molecular weight excluding hydrogens is 154 g/mol. The van der Waals surface area contributed by atoms with E-state index in [2.05, 4.69) is 21.0 Å². The highest BCUT2D eigenvalue weighted by Gasteiger charge is 2.41. The van der Waals surface area contributed by atoms with E-state index < -0.39 is 5.91 Å². The van der Waals surface area contributed by atoms with E-state index in [1.807, 2.05) is 13.8 Å². The second-order valence-electron chi connectivity index (χ2n) is 3.54. The molecule has 3 nitrogen and oxygen atoms in total. The van der Waals surface area contributed by atoms with E-state index in [-0.39, 0.29) is 0 Å². The van der Waals surface area contributed by atoms with Crippen LogP contribution < -0.4 is 0 Å². The van der Waals surface area contributed by atoms with Crippen molar-refractivity contribution >= 4 is 0 Å². The van der Waals surface area contributed by atoms with E-state index in [1.165, 1.54) is 0 Å². The average Bonchev–Trinajstić information content (AvgIpc) is 2.04. The van der Waals surface area contributed by atoms with Crippen LogP contribution in [0.4, 0.5) is 0 Å². The summed E-state index contributed by atoms with van der Waals surface area (Å²) in [5, 5.41) is 0. The van der Waals surface area contributed by atoms with Crippen LogP contribution in [0.5, 0.6) is 0 Å². The van der Waals surface area contributed by atoms with Crippen molar-refractivity contribution in [3.63, 3.8) is 0 Å². The minimum Gasteiger partial charge on any atom is -0.307 e. The van der Waals surface area contributed by atoms with Crippen molar-refractivity contribution in [3.8, 4) is 0 Å². The number of hydrogen-bond acceptors (Lipinski definition) is 2. The smallest absolute Gasteiger partial charge is 0.307 e. The summed E-state index contributed by atoms with van der Waals surface area (Å²) < 4.78 is 11.7. The first-order valence-corrected chi connectivity index (χ1v) is 4.45. The maximum absolute atomic E-state index is 5.58. The molecule has 0 aliphatic heterocycles. The van der Waals surface area contributed by atoms with Crippen LogP contribution in [0.1, 0.15) is 20.8 Å². The number of methoxy groups -OCH3 is 1. The van der Waals surface area contributed by atoms with E-state index in [0.717, 1.165) is 6.54 Å². The lowest BCUT2D eigenvalue weighted by atomic mass is 10.3. The van der Waals surface area contributed by atoms with Crippen molar-refractivity contribution in [1.29, 1.82) is 0 Å². The van der Waals surface area contributed by atoms with Crippen molar-refractivity contribution in [2.75, 3.05) is 34.4 Å². The van der Waals surface area contributed by atoms with E-state index >= 15 is 0 Å². The molecule has 0 rings (SSSR count). The normalized spacial score (nSPS) is 17.5. The summed E-state index contributed by atoms with van der Waals surface area (Å²) in [6.45, 7) is 7.72. The summed E-state index contributed by atoms with van der Waals surface area (Å²) in [6.07, 6.45) is 0. The summed E-state index contributed by atoms with van der Waals surface area (Å²) in [6, 6.07) is 0. The van der Waals surface area contributed by atoms with Gasteiger partial charge in [0.15, 0.2) is 0 Å². The highest BCUT2D eigenvalue weighted by Crippen LogP contribution is 2.22. The van der Waals surface area contributed by atoms with Gasteiger partial charge in [0.05, 0.1) is 27.2 Å². The van der Waals surface area contributed by atoms with Crippen LogP contribution in [-0.2, 0) is 9.47 Å². The first-order valence-electron chi connectivity index (χ1n) is 4.45. The van der Waals surface area contributed by atoms with Gasteiger partial charge in [0.1, 0.15) is 0 Å². The molecular formula is C9H22NO2+. The molecule has 0 bridgehead atoms. The molecule has 0 aliphatic carbocycles. The van der Waals surface area contributed by atoms with Gasteiger partial charge in [-0.05, 0) is 13.8 Å². The first kappa shape index (κ1) is 11.9. The summed E-state index contributed by atoms with van der Waals surface area (Å²) in [5.41, 5.74) is 0. The SMILES string of the molecule is CCOC(C)(OC)[N+](C)(C)CC. The number of rotatable bonds is 5. The van der Waals surface area contributed by atoms with Crippen molar-refractivity contribution in [2.45, 2.75) is 26.7 Å². The van der Waals surface area contributed by atoms with Crippen LogP contribution in [-0.4, -0.2) is 44.8 Å². The van der Waals surface area contributed by atoms with Crippen LogP contribution in [0.15, 0.2) is 0 Å². The van der Waals surface area contributed by atoms with Gasteiger partial charge in [-0.3, -0.25) is 4.48 Å².